The van der Waals surface area contributed by atoms with E-state index in [0.717, 1.165) is 0 Å². The van der Waals surface area contributed by atoms with Gasteiger partial charge in [0, 0.05) is 32.0 Å². The second kappa shape index (κ2) is 4.49. The van der Waals surface area contributed by atoms with Gasteiger partial charge in [-0.3, -0.25) is 15.5 Å². The minimum atomic E-state index is -0.395. The van der Waals surface area contributed by atoms with Crippen LogP contribution in [-0.4, -0.2) is 24.1 Å². The van der Waals surface area contributed by atoms with E-state index in [0.29, 0.717) is 37.3 Å². The van der Waals surface area contributed by atoms with Gasteiger partial charge in [-0.05, 0) is 12.1 Å². The number of anilines is 2. The molecule has 0 bridgehead atoms. The molecule has 1 aromatic rings. The predicted molar refractivity (Wildman–Crippen MR) is 58.3 cm³/mol. The van der Waals surface area contributed by atoms with E-state index in [-0.39, 0.29) is 5.78 Å². The van der Waals surface area contributed by atoms with E-state index in [1.54, 1.807) is 12.1 Å². The topological polar surface area (TPSA) is 52.6 Å². The Kier molecular flexibility index (Phi) is 3.05. The molecule has 1 saturated heterocycles. The summed E-state index contributed by atoms with van der Waals surface area (Å²) in [5, 5.41) is 8.62. The predicted octanol–water partition coefficient (Wildman–Crippen LogP) is 1.80. The number of nitrogens with one attached hydrogen (secondary N) is 1. The maximum atomic E-state index is 13.6. The standard InChI is InChI=1S/C11H13FN2O2/c12-10-7-8(13-16)1-2-11(10)14-5-3-9(15)4-6-14/h1-2,7,13,16H,3-6H2. The van der Waals surface area contributed by atoms with E-state index in [2.05, 4.69) is 0 Å². The number of benzene rings is 1. The van der Waals surface area contributed by atoms with Gasteiger partial charge in [-0.1, -0.05) is 0 Å². The van der Waals surface area contributed by atoms with E-state index in [4.69, 9.17) is 5.21 Å². The molecular formula is C11H13FN2O2. The Morgan fingerprint density at radius 2 is 2.00 bits per heavy atom. The summed E-state index contributed by atoms with van der Waals surface area (Å²) < 4.78 is 13.6. The largest absolute Gasteiger partial charge is 0.368 e. The van der Waals surface area contributed by atoms with Crippen molar-refractivity contribution in [1.82, 2.24) is 0 Å². The molecule has 86 valence electrons. The number of carbonyl (C=O) groups is 1. The summed E-state index contributed by atoms with van der Waals surface area (Å²) >= 11 is 0. The van der Waals surface area contributed by atoms with Gasteiger partial charge in [-0.15, -0.1) is 0 Å². The van der Waals surface area contributed by atoms with Crippen LogP contribution in [0, 0.1) is 5.82 Å². The van der Waals surface area contributed by atoms with E-state index >= 15 is 0 Å². The molecular weight excluding hydrogens is 211 g/mol. The van der Waals surface area contributed by atoms with Crippen LogP contribution in [0.25, 0.3) is 0 Å². The summed E-state index contributed by atoms with van der Waals surface area (Å²) in [4.78, 5) is 12.9. The highest BCUT2D eigenvalue weighted by atomic mass is 19.1. The van der Waals surface area contributed by atoms with Crippen molar-refractivity contribution in [3.8, 4) is 0 Å². The highest BCUT2D eigenvalue weighted by molar-refractivity contribution is 5.81. The zero-order valence-electron chi connectivity index (χ0n) is 8.74. The molecule has 1 fully saturated rings. The van der Waals surface area contributed by atoms with Gasteiger partial charge < -0.3 is 4.90 Å². The lowest BCUT2D eigenvalue weighted by molar-refractivity contribution is -0.119. The van der Waals surface area contributed by atoms with Crippen LogP contribution in [0.5, 0.6) is 0 Å². The van der Waals surface area contributed by atoms with Crippen LogP contribution in [0.15, 0.2) is 18.2 Å². The van der Waals surface area contributed by atoms with Crippen LogP contribution in [0.3, 0.4) is 0 Å². The minimum Gasteiger partial charge on any atom is -0.368 e. The molecule has 2 N–H and O–H groups in total. The van der Waals surface area contributed by atoms with Crippen molar-refractivity contribution in [2.45, 2.75) is 12.8 Å². The van der Waals surface area contributed by atoms with Crippen molar-refractivity contribution in [2.75, 3.05) is 23.5 Å². The molecule has 1 aromatic carbocycles. The molecule has 0 amide bonds. The third kappa shape index (κ3) is 2.14. The Morgan fingerprint density at radius 1 is 1.31 bits per heavy atom. The highest BCUT2D eigenvalue weighted by Crippen LogP contribution is 2.24. The molecule has 4 nitrogen and oxygen atoms in total. The maximum Gasteiger partial charge on any atom is 0.148 e. The molecule has 1 heterocycles. The van der Waals surface area contributed by atoms with Crippen LogP contribution in [0.4, 0.5) is 15.8 Å². The number of piperidine rings is 1. The number of rotatable bonds is 2. The van der Waals surface area contributed by atoms with Crippen LogP contribution in [-0.2, 0) is 4.79 Å². The highest BCUT2D eigenvalue weighted by Gasteiger charge is 2.18. The lowest BCUT2D eigenvalue weighted by atomic mass is 10.1. The van der Waals surface area contributed by atoms with Crippen molar-refractivity contribution in [3.63, 3.8) is 0 Å². The van der Waals surface area contributed by atoms with Crippen molar-refractivity contribution in [1.29, 1.82) is 0 Å². The van der Waals surface area contributed by atoms with Gasteiger partial charge in [0.1, 0.15) is 11.6 Å². The Bertz CT molecular complexity index is 399. The zero-order chi connectivity index (χ0) is 11.5. The molecule has 5 heteroatoms. The number of hydrogen-bond acceptors (Lipinski definition) is 4. The summed E-state index contributed by atoms with van der Waals surface area (Å²) in [6.07, 6.45) is 0.943. The molecule has 1 aliphatic heterocycles. The number of Topliss-reactive ketones (excluding diaryl/α,β-unsaturated/α-hetero) is 1. The molecule has 16 heavy (non-hydrogen) atoms. The first-order valence-corrected chi connectivity index (χ1v) is 5.17. The molecule has 0 aliphatic carbocycles. The lowest BCUT2D eigenvalue weighted by Crippen LogP contribution is -2.34. The first-order valence-electron chi connectivity index (χ1n) is 5.17. The van der Waals surface area contributed by atoms with Gasteiger partial charge >= 0.3 is 0 Å². The summed E-state index contributed by atoms with van der Waals surface area (Å²) in [5.74, 6) is -0.168. The summed E-state index contributed by atoms with van der Waals surface area (Å²) in [6.45, 7) is 1.11. The van der Waals surface area contributed by atoms with Gasteiger partial charge in [-0.2, -0.15) is 0 Å². The summed E-state index contributed by atoms with van der Waals surface area (Å²) in [5.41, 5.74) is 2.68. The molecule has 0 saturated carbocycles. The number of ketones is 1. The Hall–Kier alpha value is -1.62. The lowest BCUT2D eigenvalue weighted by Gasteiger charge is -2.28. The van der Waals surface area contributed by atoms with Crippen molar-refractivity contribution >= 4 is 17.2 Å². The van der Waals surface area contributed by atoms with Crippen molar-refractivity contribution < 1.29 is 14.4 Å². The third-order valence-electron chi connectivity index (χ3n) is 2.74. The molecule has 0 unspecified atom stereocenters. The molecule has 0 atom stereocenters. The van der Waals surface area contributed by atoms with Gasteiger partial charge in [0.2, 0.25) is 0 Å². The minimum absolute atomic E-state index is 0.227. The molecule has 0 spiro atoms. The van der Waals surface area contributed by atoms with Crippen LogP contribution >= 0.6 is 0 Å². The zero-order valence-corrected chi connectivity index (χ0v) is 8.74. The fourth-order valence-corrected chi connectivity index (χ4v) is 1.83. The van der Waals surface area contributed by atoms with E-state index in [1.165, 1.54) is 6.07 Å². The SMILES string of the molecule is O=C1CCN(c2ccc(NO)cc2F)CC1. The fourth-order valence-electron chi connectivity index (χ4n) is 1.83. The van der Waals surface area contributed by atoms with E-state index in [9.17, 15) is 9.18 Å². The Labute approximate surface area is 92.6 Å². The maximum absolute atomic E-state index is 13.6. The third-order valence-corrected chi connectivity index (χ3v) is 2.74. The number of halogens is 1. The van der Waals surface area contributed by atoms with Gasteiger partial charge in [-0.25, -0.2) is 4.39 Å². The number of carbonyl (C=O) groups excluding carboxylic acids is 1. The van der Waals surface area contributed by atoms with Crippen LogP contribution < -0.4 is 10.4 Å². The van der Waals surface area contributed by atoms with E-state index < -0.39 is 5.82 Å². The summed E-state index contributed by atoms with van der Waals surface area (Å²) in [6, 6.07) is 4.42. The second-order valence-electron chi connectivity index (χ2n) is 3.80. The fraction of sp³-hybridized carbons (Fsp3) is 0.364. The van der Waals surface area contributed by atoms with Gasteiger partial charge in [0.25, 0.3) is 0 Å². The average Bonchev–Trinajstić information content (AvgIpc) is 2.30. The van der Waals surface area contributed by atoms with Crippen molar-refractivity contribution in [2.24, 2.45) is 0 Å². The first-order chi connectivity index (χ1) is 7.70. The second-order valence-corrected chi connectivity index (χ2v) is 3.80. The normalized spacial score (nSPS) is 16.4. The quantitative estimate of drug-likeness (QED) is 0.752. The monoisotopic (exact) mass is 224 g/mol. The Balaban J connectivity index is 2.17. The number of nitrogens with zero attached hydrogens (tertiary/aromatic N) is 1. The molecule has 1 aliphatic rings. The molecule has 0 aromatic heterocycles. The smallest absolute Gasteiger partial charge is 0.148 e. The van der Waals surface area contributed by atoms with Crippen LogP contribution in [0.2, 0.25) is 0 Å². The summed E-state index contributed by atoms with van der Waals surface area (Å²) in [7, 11) is 0. The average molecular weight is 224 g/mol. The van der Waals surface area contributed by atoms with Crippen LogP contribution in [0.1, 0.15) is 12.8 Å². The van der Waals surface area contributed by atoms with Gasteiger partial charge in [0.05, 0.1) is 11.4 Å². The molecule has 0 radical (unpaired) electrons. The molecule has 2 rings (SSSR count). The van der Waals surface area contributed by atoms with E-state index in [1.807, 2.05) is 10.4 Å². The van der Waals surface area contributed by atoms with Gasteiger partial charge in [0.15, 0.2) is 0 Å². The van der Waals surface area contributed by atoms with Crippen molar-refractivity contribution in [3.05, 3.63) is 24.0 Å². The number of hydrogen-bond donors (Lipinski definition) is 2. The Morgan fingerprint density at radius 3 is 2.56 bits per heavy atom. The first kappa shape index (κ1) is 10.9.